The monoisotopic (exact) mass is 596 g/mol. The molecule has 2 atom stereocenters. The number of pyridine rings is 1. The number of nitrogens with one attached hydrogen (secondary N) is 1. The molecule has 3 saturated heterocycles. The molecule has 4 aromatic rings. The molecule has 8 rings (SSSR count). The number of anilines is 1. The maximum atomic E-state index is 16.8. The van der Waals surface area contributed by atoms with E-state index in [2.05, 4.69) is 27.0 Å². The van der Waals surface area contributed by atoms with E-state index in [1.165, 1.54) is 19.3 Å². The number of aromatic nitrogens is 3. The SMILES string of the molecule is CCc1cccc2cc(O)cc(-c3ncc4c(N5C[C@H]6CC[C@@H](C5)N6)nc(OCC5(CN6CCCCC6)CC5)nc4c3F)c12. The zero-order valence-electron chi connectivity index (χ0n) is 25.5. The highest BCUT2D eigenvalue weighted by Crippen LogP contribution is 2.47. The Kier molecular flexibility index (Phi) is 7.05. The van der Waals surface area contributed by atoms with Crippen molar-refractivity contribution in [2.45, 2.75) is 70.4 Å². The highest BCUT2D eigenvalue weighted by molar-refractivity contribution is 6.01. The molecule has 2 aromatic heterocycles. The summed E-state index contributed by atoms with van der Waals surface area (Å²) in [6, 6.07) is 10.3. The van der Waals surface area contributed by atoms with E-state index in [-0.39, 0.29) is 28.4 Å². The summed E-state index contributed by atoms with van der Waals surface area (Å²) in [4.78, 5) is 19.2. The van der Waals surface area contributed by atoms with Crippen LogP contribution >= 0.6 is 0 Å². The van der Waals surface area contributed by atoms with Gasteiger partial charge in [-0.15, -0.1) is 0 Å². The van der Waals surface area contributed by atoms with Crippen LogP contribution in [0.25, 0.3) is 32.9 Å². The van der Waals surface area contributed by atoms with Gasteiger partial charge in [0, 0.05) is 48.9 Å². The highest BCUT2D eigenvalue weighted by atomic mass is 19.1. The molecule has 3 aliphatic heterocycles. The molecule has 0 amide bonds. The minimum atomic E-state index is -0.513. The number of piperidine rings is 1. The highest BCUT2D eigenvalue weighted by Gasteiger charge is 2.45. The van der Waals surface area contributed by atoms with Gasteiger partial charge < -0.3 is 25.0 Å². The first kappa shape index (κ1) is 28.0. The van der Waals surface area contributed by atoms with Gasteiger partial charge in [-0.05, 0) is 86.5 Å². The van der Waals surface area contributed by atoms with Crippen molar-refractivity contribution in [3.63, 3.8) is 0 Å². The lowest BCUT2D eigenvalue weighted by molar-refractivity contribution is 0.139. The standard InChI is InChI=1S/C35H41FN6O2/c1-2-22-7-6-8-23-15-26(43)16-27(29(22)23)31-30(36)32-28(17-37-31)33(42-18-24-9-10-25(19-42)38-24)40-34(39-32)44-21-35(11-12-35)20-41-13-4-3-5-14-41/h6-8,15-17,24-25,38,43H,2-5,9-14,18-21H2,1H3/t24-,25+. The number of phenols is 1. The Morgan fingerprint density at radius 3 is 2.61 bits per heavy atom. The molecule has 5 heterocycles. The molecule has 2 N–H and O–H groups in total. The fraction of sp³-hybridized carbons (Fsp3) is 0.514. The van der Waals surface area contributed by atoms with E-state index in [9.17, 15) is 5.11 Å². The number of benzene rings is 2. The lowest BCUT2D eigenvalue weighted by atomic mass is 9.95. The van der Waals surface area contributed by atoms with Gasteiger partial charge in [0.05, 0.1) is 12.0 Å². The van der Waals surface area contributed by atoms with E-state index in [0.29, 0.717) is 35.5 Å². The molecule has 2 bridgehead atoms. The molecule has 2 aromatic carbocycles. The van der Waals surface area contributed by atoms with E-state index in [1.54, 1.807) is 18.3 Å². The maximum absolute atomic E-state index is 16.8. The molecule has 44 heavy (non-hydrogen) atoms. The van der Waals surface area contributed by atoms with Crippen LogP contribution in [0.15, 0.2) is 36.5 Å². The van der Waals surface area contributed by atoms with Crippen LogP contribution in [-0.4, -0.2) is 76.4 Å². The minimum absolute atomic E-state index is 0.0779. The van der Waals surface area contributed by atoms with Gasteiger partial charge in [0.15, 0.2) is 5.82 Å². The summed E-state index contributed by atoms with van der Waals surface area (Å²) >= 11 is 0. The fourth-order valence-electron chi connectivity index (χ4n) is 7.79. The van der Waals surface area contributed by atoms with Gasteiger partial charge in [-0.3, -0.25) is 4.98 Å². The number of aryl methyl sites for hydroxylation is 1. The number of ether oxygens (including phenoxy) is 1. The molecule has 0 spiro atoms. The minimum Gasteiger partial charge on any atom is -0.508 e. The second-order valence-electron chi connectivity index (χ2n) is 13.5. The van der Waals surface area contributed by atoms with Crippen LogP contribution < -0.4 is 15.0 Å². The van der Waals surface area contributed by atoms with Crippen molar-refractivity contribution >= 4 is 27.5 Å². The summed E-state index contributed by atoms with van der Waals surface area (Å²) in [5.41, 5.74) is 2.17. The first-order chi connectivity index (χ1) is 21.5. The molecule has 0 unspecified atom stereocenters. The number of likely N-dealkylation sites (tertiary alicyclic amines) is 1. The topological polar surface area (TPSA) is 86.6 Å². The molecule has 8 nitrogen and oxygen atoms in total. The van der Waals surface area contributed by atoms with Gasteiger partial charge >= 0.3 is 6.01 Å². The summed E-state index contributed by atoms with van der Waals surface area (Å²) in [5, 5.41) is 16.6. The number of halogens is 1. The Hall–Kier alpha value is -3.56. The summed E-state index contributed by atoms with van der Waals surface area (Å²) < 4.78 is 23.2. The van der Waals surface area contributed by atoms with Crippen LogP contribution in [-0.2, 0) is 6.42 Å². The zero-order chi connectivity index (χ0) is 29.8. The number of hydrogen-bond acceptors (Lipinski definition) is 8. The van der Waals surface area contributed by atoms with Crippen molar-refractivity contribution in [3.05, 3.63) is 47.9 Å². The lowest BCUT2D eigenvalue weighted by Crippen LogP contribution is -2.51. The van der Waals surface area contributed by atoms with E-state index < -0.39 is 5.82 Å². The number of phenolic OH excluding ortho intramolecular Hbond substituents is 1. The molecule has 230 valence electrons. The van der Waals surface area contributed by atoms with Crippen LogP contribution in [0.2, 0.25) is 0 Å². The van der Waals surface area contributed by atoms with Crippen LogP contribution in [0.5, 0.6) is 11.8 Å². The van der Waals surface area contributed by atoms with Crippen molar-refractivity contribution in [1.29, 1.82) is 0 Å². The Bertz CT molecular complexity index is 1710. The largest absolute Gasteiger partial charge is 0.508 e. The normalized spacial score (nSPS) is 23.0. The van der Waals surface area contributed by atoms with Crippen molar-refractivity contribution in [3.8, 4) is 23.0 Å². The van der Waals surface area contributed by atoms with Crippen LogP contribution in [0, 0.1) is 11.2 Å². The third-order valence-electron chi connectivity index (χ3n) is 10.3. The summed E-state index contributed by atoms with van der Waals surface area (Å²) in [7, 11) is 0. The van der Waals surface area contributed by atoms with Crippen molar-refractivity contribution in [2.24, 2.45) is 5.41 Å². The number of nitrogens with zero attached hydrogens (tertiary/aromatic N) is 5. The smallest absolute Gasteiger partial charge is 0.319 e. The van der Waals surface area contributed by atoms with E-state index >= 15 is 4.39 Å². The number of rotatable bonds is 8. The number of aromatic hydroxyl groups is 1. The second kappa shape index (κ2) is 11.1. The van der Waals surface area contributed by atoms with Gasteiger partial charge in [0.2, 0.25) is 0 Å². The predicted octanol–water partition coefficient (Wildman–Crippen LogP) is 5.84. The fourth-order valence-corrected chi connectivity index (χ4v) is 7.79. The van der Waals surface area contributed by atoms with Gasteiger partial charge in [-0.1, -0.05) is 31.5 Å². The Morgan fingerprint density at radius 2 is 1.86 bits per heavy atom. The molecular formula is C35H41FN6O2. The summed E-state index contributed by atoms with van der Waals surface area (Å²) in [6.45, 7) is 7.60. The quantitative estimate of drug-likeness (QED) is 0.263. The average molecular weight is 597 g/mol. The Morgan fingerprint density at radius 1 is 1.07 bits per heavy atom. The van der Waals surface area contributed by atoms with E-state index in [0.717, 1.165) is 81.2 Å². The van der Waals surface area contributed by atoms with Gasteiger partial charge in [-0.25, -0.2) is 4.39 Å². The Labute approximate surface area is 257 Å². The summed E-state index contributed by atoms with van der Waals surface area (Å²) in [6.07, 6.45) is 10.9. The molecule has 1 saturated carbocycles. The maximum Gasteiger partial charge on any atom is 0.319 e. The second-order valence-corrected chi connectivity index (χ2v) is 13.5. The number of fused-ring (bicyclic) bond motifs is 4. The van der Waals surface area contributed by atoms with E-state index in [1.807, 2.05) is 18.2 Å². The molecular weight excluding hydrogens is 555 g/mol. The lowest BCUT2D eigenvalue weighted by Gasteiger charge is -2.34. The molecule has 1 aliphatic carbocycles. The van der Waals surface area contributed by atoms with E-state index in [4.69, 9.17) is 14.7 Å². The van der Waals surface area contributed by atoms with Crippen LogP contribution in [0.3, 0.4) is 0 Å². The molecule has 0 radical (unpaired) electrons. The van der Waals surface area contributed by atoms with Crippen molar-refractivity contribution < 1.29 is 14.2 Å². The predicted molar refractivity (Wildman–Crippen MR) is 171 cm³/mol. The molecule has 4 aliphatic rings. The van der Waals surface area contributed by atoms with Gasteiger partial charge in [0.1, 0.15) is 22.8 Å². The molecule has 4 fully saturated rings. The molecule has 9 heteroatoms. The first-order valence-electron chi connectivity index (χ1n) is 16.5. The number of piperazine rings is 1. The van der Waals surface area contributed by atoms with Gasteiger partial charge in [-0.2, -0.15) is 9.97 Å². The third-order valence-corrected chi connectivity index (χ3v) is 10.3. The van der Waals surface area contributed by atoms with Crippen LogP contribution in [0.1, 0.15) is 57.4 Å². The average Bonchev–Trinajstić information content (AvgIpc) is 3.73. The van der Waals surface area contributed by atoms with Crippen LogP contribution in [0.4, 0.5) is 10.2 Å². The zero-order valence-corrected chi connectivity index (χ0v) is 25.5. The van der Waals surface area contributed by atoms with Crippen molar-refractivity contribution in [2.75, 3.05) is 44.2 Å². The Balaban J connectivity index is 1.21. The summed E-state index contributed by atoms with van der Waals surface area (Å²) in [5.74, 6) is 0.257. The number of hydrogen-bond donors (Lipinski definition) is 2. The van der Waals surface area contributed by atoms with Crippen molar-refractivity contribution in [1.82, 2.24) is 25.2 Å². The van der Waals surface area contributed by atoms with Gasteiger partial charge in [0.25, 0.3) is 0 Å². The third kappa shape index (κ3) is 5.13. The first-order valence-corrected chi connectivity index (χ1v) is 16.5.